The van der Waals surface area contributed by atoms with Gasteiger partial charge in [-0.1, -0.05) is 49.7 Å². The lowest BCUT2D eigenvalue weighted by Crippen LogP contribution is -2.41. The molecule has 0 aliphatic carbocycles. The fourth-order valence-electron chi connectivity index (χ4n) is 4.63. The quantitative estimate of drug-likeness (QED) is 0.213. The Balaban J connectivity index is 1.90. The van der Waals surface area contributed by atoms with Crippen molar-refractivity contribution in [3.8, 4) is 11.1 Å². The van der Waals surface area contributed by atoms with Gasteiger partial charge in [-0.15, -0.1) is 0 Å². The Morgan fingerprint density at radius 1 is 1.02 bits per heavy atom. The van der Waals surface area contributed by atoms with Crippen LogP contribution in [0.2, 0.25) is 0 Å². The van der Waals surface area contributed by atoms with E-state index in [1.165, 1.54) is 23.9 Å². The highest BCUT2D eigenvalue weighted by atomic mass is 32.2. The molecule has 3 rings (SSSR count). The number of benzene rings is 3. The van der Waals surface area contributed by atoms with Crippen molar-refractivity contribution in [1.82, 2.24) is 10.2 Å². The average Bonchev–Trinajstić information content (AvgIpc) is 2.93. The monoisotopic (exact) mass is 568 g/mol. The first-order valence-electron chi connectivity index (χ1n) is 13.6. The van der Waals surface area contributed by atoms with Gasteiger partial charge in [0.15, 0.2) is 0 Å². The summed E-state index contributed by atoms with van der Waals surface area (Å²) in [5.74, 6) is -1.98. The standard InChI is InChI=1S/C32H38F2N2O3S/c1-4-5-16-36(17-14-24-11-12-25(33)20-29(24)34)21-23-10-13-27(28(19-23)26-9-7-6-8-22(26)2)31(37)35-30(32(38)39)15-18-40-3/h6-13,19-20,30H,4-5,14-18,21H2,1-3H3,(H,35,37)(H,38,39). The molecule has 3 aromatic carbocycles. The Kier molecular flexibility index (Phi) is 12.2. The van der Waals surface area contributed by atoms with E-state index >= 15 is 0 Å². The number of carbonyl (C=O) groups is 2. The van der Waals surface area contributed by atoms with Crippen LogP contribution < -0.4 is 5.32 Å². The molecule has 1 unspecified atom stereocenters. The summed E-state index contributed by atoms with van der Waals surface area (Å²) < 4.78 is 27.6. The van der Waals surface area contributed by atoms with Crippen LogP contribution in [0.15, 0.2) is 60.7 Å². The molecular weight excluding hydrogens is 530 g/mol. The number of halogens is 2. The summed E-state index contributed by atoms with van der Waals surface area (Å²) in [6, 6.07) is 16.2. The molecule has 0 fully saturated rings. The van der Waals surface area contributed by atoms with Crippen LogP contribution in [-0.2, 0) is 17.8 Å². The fourth-order valence-corrected chi connectivity index (χ4v) is 5.10. The summed E-state index contributed by atoms with van der Waals surface area (Å²) in [6.07, 6.45) is 4.67. The Morgan fingerprint density at radius 2 is 1.80 bits per heavy atom. The smallest absolute Gasteiger partial charge is 0.326 e. The molecule has 0 radical (unpaired) electrons. The van der Waals surface area contributed by atoms with E-state index in [2.05, 4.69) is 17.1 Å². The summed E-state index contributed by atoms with van der Waals surface area (Å²) in [5.41, 5.74) is 4.52. The lowest BCUT2D eigenvalue weighted by molar-refractivity contribution is -0.139. The van der Waals surface area contributed by atoms with Crippen molar-refractivity contribution in [2.75, 3.05) is 25.1 Å². The van der Waals surface area contributed by atoms with Gasteiger partial charge in [0.1, 0.15) is 17.7 Å². The molecule has 0 aliphatic rings. The number of nitrogens with zero attached hydrogens (tertiary/aromatic N) is 1. The number of amides is 1. The Bertz CT molecular complexity index is 1300. The zero-order valence-electron chi connectivity index (χ0n) is 23.4. The summed E-state index contributed by atoms with van der Waals surface area (Å²) in [5, 5.41) is 12.3. The summed E-state index contributed by atoms with van der Waals surface area (Å²) in [6.45, 7) is 6.10. The van der Waals surface area contributed by atoms with Gasteiger partial charge in [-0.2, -0.15) is 11.8 Å². The Labute approximate surface area is 240 Å². The zero-order chi connectivity index (χ0) is 29.1. The minimum absolute atomic E-state index is 0.334. The molecular formula is C32H38F2N2O3S. The van der Waals surface area contributed by atoms with Gasteiger partial charge in [0.2, 0.25) is 0 Å². The number of nitrogens with one attached hydrogen (secondary N) is 1. The molecule has 8 heteroatoms. The molecule has 3 aromatic rings. The summed E-state index contributed by atoms with van der Waals surface area (Å²) >= 11 is 1.53. The van der Waals surface area contributed by atoms with Crippen LogP contribution >= 0.6 is 11.8 Å². The number of carboxylic acids is 1. The third kappa shape index (κ3) is 8.89. The van der Waals surface area contributed by atoms with Crippen LogP contribution in [0.25, 0.3) is 11.1 Å². The third-order valence-corrected chi connectivity index (χ3v) is 7.57. The third-order valence-electron chi connectivity index (χ3n) is 6.92. The molecule has 40 heavy (non-hydrogen) atoms. The molecule has 0 saturated heterocycles. The number of thioether (sulfide) groups is 1. The maximum absolute atomic E-state index is 14.3. The number of hydrogen-bond acceptors (Lipinski definition) is 4. The number of carboxylic acid groups (broad SMARTS) is 1. The molecule has 1 atom stereocenters. The van der Waals surface area contributed by atoms with Crippen LogP contribution in [0, 0.1) is 18.6 Å². The predicted molar refractivity (Wildman–Crippen MR) is 159 cm³/mol. The first kappa shape index (κ1) is 31.3. The molecule has 0 bridgehead atoms. The first-order chi connectivity index (χ1) is 19.2. The molecule has 2 N–H and O–H groups in total. The van der Waals surface area contributed by atoms with Crippen LogP contribution in [0.4, 0.5) is 8.78 Å². The second kappa shape index (κ2) is 15.5. The van der Waals surface area contributed by atoms with E-state index in [4.69, 9.17) is 0 Å². The Morgan fingerprint density at radius 3 is 2.48 bits per heavy atom. The normalized spacial score (nSPS) is 11.9. The highest BCUT2D eigenvalue weighted by molar-refractivity contribution is 7.98. The van der Waals surface area contributed by atoms with Crippen LogP contribution in [0.5, 0.6) is 0 Å². The van der Waals surface area contributed by atoms with E-state index in [0.29, 0.717) is 42.8 Å². The van der Waals surface area contributed by atoms with Crippen molar-refractivity contribution >= 4 is 23.6 Å². The van der Waals surface area contributed by atoms with Gasteiger partial charge in [-0.05, 0) is 90.8 Å². The second-order valence-electron chi connectivity index (χ2n) is 9.96. The number of aliphatic carboxylic acids is 1. The van der Waals surface area contributed by atoms with E-state index in [0.717, 1.165) is 47.7 Å². The molecule has 0 aliphatic heterocycles. The van der Waals surface area contributed by atoms with Gasteiger partial charge in [-0.25, -0.2) is 13.6 Å². The summed E-state index contributed by atoms with van der Waals surface area (Å²) in [4.78, 5) is 27.4. The molecule has 0 heterocycles. The number of unbranched alkanes of at least 4 members (excludes halogenated alkanes) is 1. The average molecular weight is 569 g/mol. The van der Waals surface area contributed by atoms with Gasteiger partial charge in [0.25, 0.3) is 5.91 Å². The number of carbonyl (C=O) groups excluding carboxylic acids is 1. The van der Waals surface area contributed by atoms with Crippen molar-refractivity contribution in [2.45, 2.75) is 52.1 Å². The Hall–Kier alpha value is -3.23. The lowest BCUT2D eigenvalue weighted by atomic mass is 9.93. The zero-order valence-corrected chi connectivity index (χ0v) is 24.2. The maximum atomic E-state index is 14.3. The van der Waals surface area contributed by atoms with Crippen molar-refractivity contribution in [1.29, 1.82) is 0 Å². The van der Waals surface area contributed by atoms with E-state index in [9.17, 15) is 23.5 Å². The van der Waals surface area contributed by atoms with Crippen LogP contribution in [0.1, 0.15) is 53.2 Å². The van der Waals surface area contributed by atoms with Gasteiger partial charge in [0.05, 0.1) is 0 Å². The predicted octanol–water partition coefficient (Wildman–Crippen LogP) is 6.72. The van der Waals surface area contributed by atoms with Gasteiger partial charge in [0, 0.05) is 24.7 Å². The molecule has 0 saturated carbocycles. The minimum Gasteiger partial charge on any atom is -0.480 e. The second-order valence-corrected chi connectivity index (χ2v) is 10.9. The topological polar surface area (TPSA) is 69.6 Å². The molecule has 0 aromatic heterocycles. The van der Waals surface area contributed by atoms with Crippen molar-refractivity contribution in [3.63, 3.8) is 0 Å². The van der Waals surface area contributed by atoms with E-state index in [-0.39, 0.29) is 0 Å². The SMILES string of the molecule is CCCCN(CCc1ccc(F)cc1F)Cc1ccc(C(=O)NC(CCSC)C(=O)O)c(-c2ccccc2C)c1. The molecule has 214 valence electrons. The fraction of sp³-hybridized carbons (Fsp3) is 0.375. The largest absolute Gasteiger partial charge is 0.480 e. The van der Waals surface area contributed by atoms with E-state index in [1.807, 2.05) is 49.6 Å². The van der Waals surface area contributed by atoms with E-state index in [1.54, 1.807) is 6.07 Å². The van der Waals surface area contributed by atoms with Gasteiger partial charge in [-0.3, -0.25) is 9.69 Å². The van der Waals surface area contributed by atoms with Crippen molar-refractivity contribution in [2.24, 2.45) is 0 Å². The van der Waals surface area contributed by atoms with E-state index < -0.39 is 29.6 Å². The summed E-state index contributed by atoms with van der Waals surface area (Å²) in [7, 11) is 0. The highest BCUT2D eigenvalue weighted by Crippen LogP contribution is 2.29. The highest BCUT2D eigenvalue weighted by Gasteiger charge is 2.23. The first-order valence-corrected chi connectivity index (χ1v) is 15.0. The molecule has 5 nitrogen and oxygen atoms in total. The van der Waals surface area contributed by atoms with Crippen LogP contribution in [0.3, 0.4) is 0 Å². The van der Waals surface area contributed by atoms with Gasteiger partial charge >= 0.3 is 5.97 Å². The number of rotatable bonds is 15. The lowest BCUT2D eigenvalue weighted by Gasteiger charge is -2.24. The molecule has 0 spiro atoms. The van der Waals surface area contributed by atoms with Crippen LogP contribution in [-0.4, -0.2) is 53.0 Å². The minimum atomic E-state index is -1.05. The number of hydrogen-bond donors (Lipinski definition) is 2. The maximum Gasteiger partial charge on any atom is 0.326 e. The number of aryl methyl sites for hydroxylation is 1. The molecule has 1 amide bonds. The van der Waals surface area contributed by atoms with Gasteiger partial charge < -0.3 is 10.4 Å². The van der Waals surface area contributed by atoms with Crippen molar-refractivity contribution in [3.05, 3.63) is 94.6 Å². The van der Waals surface area contributed by atoms with Crippen molar-refractivity contribution < 1.29 is 23.5 Å².